The topological polar surface area (TPSA) is 69.7 Å². The summed E-state index contributed by atoms with van der Waals surface area (Å²) in [5.41, 5.74) is 2.30. The highest BCUT2D eigenvalue weighted by atomic mass is 35.5. The largest absolute Gasteiger partial charge is 0.376 e. The molecule has 3 rings (SSSR count). The predicted octanol–water partition coefficient (Wildman–Crippen LogP) is 3.20. The number of hydrogen-bond acceptors (Lipinski definition) is 4. The van der Waals surface area contributed by atoms with E-state index < -0.39 is 10.0 Å². The van der Waals surface area contributed by atoms with Gasteiger partial charge in [-0.25, -0.2) is 8.42 Å². The number of amides is 1. The van der Waals surface area contributed by atoms with Crippen molar-refractivity contribution >= 4 is 44.6 Å². The lowest BCUT2D eigenvalue weighted by molar-refractivity contribution is 0.102. The highest BCUT2D eigenvalue weighted by Gasteiger charge is 2.28. The Morgan fingerprint density at radius 1 is 1.19 bits per heavy atom. The van der Waals surface area contributed by atoms with Gasteiger partial charge in [-0.1, -0.05) is 17.7 Å². The summed E-state index contributed by atoms with van der Waals surface area (Å²) in [7, 11) is 0.458. The van der Waals surface area contributed by atoms with Gasteiger partial charge in [-0.2, -0.15) is 0 Å². The van der Waals surface area contributed by atoms with Gasteiger partial charge in [0.25, 0.3) is 5.91 Å². The fourth-order valence-corrected chi connectivity index (χ4v) is 4.65. The predicted molar refractivity (Wildman–Crippen MR) is 106 cm³/mol. The van der Waals surface area contributed by atoms with Crippen LogP contribution in [0.3, 0.4) is 0 Å². The molecule has 0 radical (unpaired) electrons. The number of halogens is 1. The van der Waals surface area contributed by atoms with Crippen molar-refractivity contribution in [2.75, 3.05) is 40.9 Å². The zero-order chi connectivity index (χ0) is 18.9. The van der Waals surface area contributed by atoms with E-state index in [0.717, 1.165) is 5.69 Å². The number of nitrogens with zero attached hydrogens (tertiary/aromatic N) is 2. The van der Waals surface area contributed by atoms with Crippen LogP contribution in [0.4, 0.5) is 17.1 Å². The second-order valence-electron chi connectivity index (χ2n) is 6.30. The van der Waals surface area contributed by atoms with Gasteiger partial charge in [-0.15, -0.1) is 0 Å². The molecule has 1 N–H and O–H groups in total. The Balaban J connectivity index is 1.88. The monoisotopic (exact) mass is 393 g/mol. The fraction of sp³-hybridized carbons (Fsp3) is 0.278. The van der Waals surface area contributed by atoms with Gasteiger partial charge >= 0.3 is 0 Å². The van der Waals surface area contributed by atoms with E-state index in [1.54, 1.807) is 36.4 Å². The standard InChI is InChI=1S/C18H20ClN3O3S/c1-21(2)17-8-7-14(19)12-16(17)20-18(23)13-5-3-6-15(11-13)22-9-4-10-26(22,24)25/h3,5-8,11-12H,4,9-10H2,1-2H3,(H,20,23). The SMILES string of the molecule is CN(C)c1ccc(Cl)cc1NC(=O)c1cccc(N2CCCS2(=O)=O)c1. The number of anilines is 3. The van der Waals surface area contributed by atoms with Gasteiger partial charge in [0.05, 0.1) is 22.8 Å². The molecule has 0 aromatic heterocycles. The van der Waals surface area contributed by atoms with Gasteiger partial charge in [0.2, 0.25) is 10.0 Å². The van der Waals surface area contributed by atoms with Crippen LogP contribution in [0.5, 0.6) is 0 Å². The molecule has 1 heterocycles. The average molecular weight is 394 g/mol. The number of carbonyl (C=O) groups is 1. The van der Waals surface area contributed by atoms with Crippen LogP contribution < -0.4 is 14.5 Å². The van der Waals surface area contributed by atoms with Crippen molar-refractivity contribution in [3.63, 3.8) is 0 Å². The molecule has 1 saturated heterocycles. The summed E-state index contributed by atoms with van der Waals surface area (Å²) in [4.78, 5) is 14.6. The first-order valence-electron chi connectivity index (χ1n) is 8.16. The third-order valence-electron chi connectivity index (χ3n) is 4.18. The lowest BCUT2D eigenvalue weighted by Gasteiger charge is -2.19. The van der Waals surface area contributed by atoms with Crippen molar-refractivity contribution in [2.24, 2.45) is 0 Å². The summed E-state index contributed by atoms with van der Waals surface area (Å²) in [6.07, 6.45) is 0.591. The van der Waals surface area contributed by atoms with Crippen LogP contribution in [0.15, 0.2) is 42.5 Å². The van der Waals surface area contributed by atoms with Crippen molar-refractivity contribution in [2.45, 2.75) is 6.42 Å². The van der Waals surface area contributed by atoms with Crippen molar-refractivity contribution in [1.82, 2.24) is 0 Å². The minimum Gasteiger partial charge on any atom is -0.376 e. The Morgan fingerprint density at radius 3 is 2.62 bits per heavy atom. The third kappa shape index (κ3) is 3.78. The number of benzene rings is 2. The number of sulfonamides is 1. The molecule has 1 aliphatic rings. The van der Waals surface area contributed by atoms with E-state index in [0.29, 0.717) is 34.9 Å². The third-order valence-corrected chi connectivity index (χ3v) is 6.29. The smallest absolute Gasteiger partial charge is 0.255 e. The van der Waals surface area contributed by atoms with Crippen molar-refractivity contribution < 1.29 is 13.2 Å². The number of rotatable bonds is 4. The summed E-state index contributed by atoms with van der Waals surface area (Å²) < 4.78 is 25.5. The Labute approximate surface area is 158 Å². The number of hydrogen-bond donors (Lipinski definition) is 1. The highest BCUT2D eigenvalue weighted by molar-refractivity contribution is 7.93. The van der Waals surface area contributed by atoms with Crippen LogP contribution in [-0.4, -0.2) is 40.7 Å². The maximum Gasteiger partial charge on any atom is 0.255 e. The zero-order valence-corrected chi connectivity index (χ0v) is 16.1. The normalized spacial score (nSPS) is 15.7. The van der Waals surface area contributed by atoms with Gasteiger partial charge in [0.1, 0.15) is 0 Å². The molecule has 0 saturated carbocycles. The molecule has 2 aromatic carbocycles. The van der Waals surface area contributed by atoms with Gasteiger partial charge in [0, 0.05) is 31.2 Å². The van der Waals surface area contributed by atoms with E-state index in [1.165, 1.54) is 4.31 Å². The Bertz CT molecular complexity index is 944. The molecule has 0 unspecified atom stereocenters. The number of nitrogens with one attached hydrogen (secondary N) is 1. The fourth-order valence-electron chi connectivity index (χ4n) is 2.92. The summed E-state index contributed by atoms with van der Waals surface area (Å²) in [6, 6.07) is 11.9. The van der Waals surface area contributed by atoms with Crippen LogP contribution >= 0.6 is 11.6 Å². The Hall–Kier alpha value is -2.25. The summed E-state index contributed by atoms with van der Waals surface area (Å²) in [5.74, 6) is -0.188. The minimum absolute atomic E-state index is 0.137. The molecule has 0 aliphatic carbocycles. The van der Waals surface area contributed by atoms with Gasteiger partial charge in [0.15, 0.2) is 0 Å². The van der Waals surface area contributed by atoms with Crippen LogP contribution in [0.1, 0.15) is 16.8 Å². The quantitative estimate of drug-likeness (QED) is 0.866. The molecular weight excluding hydrogens is 374 g/mol. The van der Waals surface area contributed by atoms with Crippen molar-refractivity contribution in [3.8, 4) is 0 Å². The molecule has 26 heavy (non-hydrogen) atoms. The molecule has 138 valence electrons. The molecular formula is C18H20ClN3O3S. The van der Waals surface area contributed by atoms with E-state index >= 15 is 0 Å². The van der Waals surface area contributed by atoms with E-state index in [2.05, 4.69) is 5.32 Å². The van der Waals surface area contributed by atoms with E-state index in [4.69, 9.17) is 11.6 Å². The molecule has 1 aliphatic heterocycles. The molecule has 8 heteroatoms. The zero-order valence-electron chi connectivity index (χ0n) is 14.6. The maximum atomic E-state index is 12.7. The highest BCUT2D eigenvalue weighted by Crippen LogP contribution is 2.29. The molecule has 0 atom stereocenters. The summed E-state index contributed by atoms with van der Waals surface area (Å²) in [5, 5.41) is 3.37. The number of carbonyl (C=O) groups excluding carboxylic acids is 1. The Kier molecular flexibility index (Phi) is 5.11. The first kappa shape index (κ1) is 18.5. The van der Waals surface area contributed by atoms with E-state index in [9.17, 15) is 13.2 Å². The van der Waals surface area contributed by atoms with Crippen LogP contribution in [0.2, 0.25) is 5.02 Å². The van der Waals surface area contributed by atoms with Gasteiger partial charge in [-0.05, 0) is 42.8 Å². The van der Waals surface area contributed by atoms with Crippen LogP contribution in [0, 0.1) is 0 Å². The first-order chi connectivity index (χ1) is 12.3. The van der Waals surface area contributed by atoms with Gasteiger partial charge < -0.3 is 10.2 Å². The first-order valence-corrected chi connectivity index (χ1v) is 10.2. The lowest BCUT2D eigenvalue weighted by Crippen LogP contribution is -2.25. The van der Waals surface area contributed by atoms with E-state index in [1.807, 2.05) is 25.1 Å². The maximum absolute atomic E-state index is 12.7. The molecule has 0 spiro atoms. The molecule has 1 fully saturated rings. The molecule has 1 amide bonds. The van der Waals surface area contributed by atoms with Crippen LogP contribution in [0.25, 0.3) is 0 Å². The van der Waals surface area contributed by atoms with E-state index in [-0.39, 0.29) is 11.7 Å². The lowest BCUT2D eigenvalue weighted by atomic mass is 10.1. The van der Waals surface area contributed by atoms with Gasteiger partial charge in [-0.3, -0.25) is 9.10 Å². The summed E-state index contributed by atoms with van der Waals surface area (Å²) in [6.45, 7) is 0.437. The minimum atomic E-state index is -3.29. The van der Waals surface area contributed by atoms with Crippen LogP contribution in [-0.2, 0) is 10.0 Å². The molecule has 0 bridgehead atoms. The van der Waals surface area contributed by atoms with Crippen molar-refractivity contribution in [3.05, 3.63) is 53.1 Å². The molecule has 6 nitrogen and oxygen atoms in total. The average Bonchev–Trinajstić information content (AvgIpc) is 2.94. The second kappa shape index (κ2) is 7.17. The second-order valence-corrected chi connectivity index (χ2v) is 8.75. The molecule has 2 aromatic rings. The Morgan fingerprint density at radius 2 is 1.96 bits per heavy atom. The van der Waals surface area contributed by atoms with Crippen molar-refractivity contribution in [1.29, 1.82) is 0 Å². The summed E-state index contributed by atoms with van der Waals surface area (Å²) >= 11 is 6.05.